The van der Waals surface area contributed by atoms with E-state index in [-0.39, 0.29) is 19.4 Å². The number of aliphatic imine (C=N–C) groups is 1. The predicted octanol–water partition coefficient (Wildman–Crippen LogP) is 3.01. The van der Waals surface area contributed by atoms with Crippen LogP contribution in [-0.2, 0) is 14.9 Å². The molecule has 0 bridgehead atoms. The lowest BCUT2D eigenvalue weighted by molar-refractivity contribution is -0.142. The van der Waals surface area contributed by atoms with Gasteiger partial charge in [0.25, 0.3) is 0 Å². The van der Waals surface area contributed by atoms with Crippen LogP contribution in [0.5, 0.6) is 28.7 Å². The standard InChI is InChI=1S/C22H21NO7/c1-22(11-5-17(25-2)20(27-4)18(6-11)26-3)12-7-15-16(30-10-29-15)8-13(12)23-14-9-28-21(24)19(14)22/h5-8,19H,9-10H2,1-4H3. The lowest BCUT2D eigenvalue weighted by Crippen LogP contribution is -2.42. The molecule has 8 nitrogen and oxygen atoms in total. The van der Waals surface area contributed by atoms with Gasteiger partial charge in [0, 0.05) is 11.5 Å². The van der Waals surface area contributed by atoms with Crippen LogP contribution in [0, 0.1) is 5.92 Å². The van der Waals surface area contributed by atoms with Gasteiger partial charge in [-0.15, -0.1) is 0 Å². The molecular weight excluding hydrogens is 390 g/mol. The predicted molar refractivity (Wildman–Crippen MR) is 107 cm³/mol. The SMILES string of the molecule is COc1cc(C2(C)c3cc4c(cc3N=C3COC(=O)C32)OCO4)cc(OC)c1OC. The van der Waals surface area contributed by atoms with E-state index in [1.165, 1.54) is 0 Å². The fraction of sp³-hybridized carbons (Fsp3) is 0.364. The van der Waals surface area contributed by atoms with Gasteiger partial charge in [-0.3, -0.25) is 9.79 Å². The first-order chi connectivity index (χ1) is 14.5. The van der Waals surface area contributed by atoms with E-state index in [2.05, 4.69) is 0 Å². The van der Waals surface area contributed by atoms with E-state index in [1.54, 1.807) is 21.3 Å². The monoisotopic (exact) mass is 411 g/mol. The molecule has 2 unspecified atom stereocenters. The Bertz CT molecular complexity index is 1070. The number of carbonyl (C=O) groups excluding carboxylic acids is 1. The molecule has 3 aliphatic heterocycles. The molecule has 5 rings (SSSR count). The molecule has 0 spiro atoms. The van der Waals surface area contributed by atoms with Gasteiger partial charge in [-0.2, -0.15) is 0 Å². The second-order valence-corrected chi connectivity index (χ2v) is 7.48. The zero-order valence-electron chi connectivity index (χ0n) is 17.1. The quantitative estimate of drug-likeness (QED) is 0.715. The summed E-state index contributed by atoms with van der Waals surface area (Å²) in [5, 5.41) is 0. The summed E-state index contributed by atoms with van der Waals surface area (Å²) in [5.41, 5.74) is 2.26. The number of cyclic esters (lactones) is 1. The molecule has 0 aliphatic carbocycles. The van der Waals surface area contributed by atoms with Gasteiger partial charge in [-0.1, -0.05) is 6.92 Å². The van der Waals surface area contributed by atoms with Crippen molar-refractivity contribution >= 4 is 17.4 Å². The lowest BCUT2D eigenvalue weighted by atomic mass is 9.64. The second-order valence-electron chi connectivity index (χ2n) is 7.48. The second kappa shape index (κ2) is 6.55. The Morgan fingerprint density at radius 1 is 0.967 bits per heavy atom. The minimum atomic E-state index is -0.798. The van der Waals surface area contributed by atoms with E-state index >= 15 is 0 Å². The van der Waals surface area contributed by atoms with Crippen LogP contribution in [0.25, 0.3) is 0 Å². The summed E-state index contributed by atoms with van der Waals surface area (Å²) in [5.74, 6) is 1.86. The van der Waals surface area contributed by atoms with Crippen LogP contribution in [0.15, 0.2) is 29.3 Å². The third-order valence-corrected chi connectivity index (χ3v) is 6.09. The zero-order valence-corrected chi connectivity index (χ0v) is 17.1. The normalized spacial score (nSPS) is 23.3. The molecule has 1 fully saturated rings. The third-order valence-electron chi connectivity index (χ3n) is 6.09. The van der Waals surface area contributed by atoms with Gasteiger partial charge >= 0.3 is 5.97 Å². The molecular formula is C22H21NO7. The average Bonchev–Trinajstić information content (AvgIpc) is 3.37. The van der Waals surface area contributed by atoms with Crippen LogP contribution in [-0.4, -0.2) is 46.4 Å². The Hall–Kier alpha value is -3.42. The molecule has 3 aliphatic rings. The van der Waals surface area contributed by atoms with Crippen molar-refractivity contribution in [2.75, 3.05) is 34.7 Å². The molecule has 0 N–H and O–H groups in total. The van der Waals surface area contributed by atoms with E-state index in [9.17, 15) is 4.79 Å². The van der Waals surface area contributed by atoms with E-state index in [0.29, 0.717) is 34.5 Å². The van der Waals surface area contributed by atoms with Gasteiger partial charge in [0.2, 0.25) is 12.5 Å². The Kier molecular flexibility index (Phi) is 4.06. The molecule has 3 heterocycles. The first kappa shape index (κ1) is 18.6. The summed E-state index contributed by atoms with van der Waals surface area (Å²) < 4.78 is 33.1. The van der Waals surface area contributed by atoms with Gasteiger partial charge in [0.05, 0.1) is 32.7 Å². The summed E-state index contributed by atoms with van der Waals surface area (Å²) in [6.45, 7) is 2.32. The number of esters is 1. The molecule has 156 valence electrons. The van der Waals surface area contributed by atoms with Crippen molar-refractivity contribution in [3.05, 3.63) is 35.4 Å². The smallest absolute Gasteiger partial charge is 0.316 e. The number of hydrogen-bond acceptors (Lipinski definition) is 8. The van der Waals surface area contributed by atoms with Crippen molar-refractivity contribution in [1.82, 2.24) is 0 Å². The number of hydrogen-bond donors (Lipinski definition) is 0. The molecule has 2 aromatic carbocycles. The maximum Gasteiger partial charge on any atom is 0.316 e. The Morgan fingerprint density at radius 3 is 2.27 bits per heavy atom. The minimum Gasteiger partial charge on any atom is -0.493 e. The fourth-order valence-corrected chi connectivity index (χ4v) is 4.57. The number of methoxy groups -OCH3 is 3. The van der Waals surface area contributed by atoms with Crippen molar-refractivity contribution in [2.45, 2.75) is 12.3 Å². The van der Waals surface area contributed by atoms with Crippen molar-refractivity contribution in [3.8, 4) is 28.7 Å². The average molecular weight is 411 g/mol. The molecule has 1 saturated heterocycles. The maximum absolute atomic E-state index is 12.8. The summed E-state index contributed by atoms with van der Waals surface area (Å²) in [4.78, 5) is 17.6. The number of benzene rings is 2. The molecule has 0 aromatic heterocycles. The topological polar surface area (TPSA) is 84.8 Å². The van der Waals surface area contributed by atoms with Gasteiger partial charge in [0.15, 0.2) is 23.0 Å². The van der Waals surface area contributed by atoms with E-state index in [0.717, 1.165) is 16.8 Å². The fourth-order valence-electron chi connectivity index (χ4n) is 4.57. The van der Waals surface area contributed by atoms with Gasteiger partial charge in [0.1, 0.15) is 12.5 Å². The Balaban J connectivity index is 1.80. The van der Waals surface area contributed by atoms with Gasteiger partial charge in [-0.05, 0) is 29.3 Å². The Morgan fingerprint density at radius 2 is 1.63 bits per heavy atom. The summed E-state index contributed by atoms with van der Waals surface area (Å²) in [6.07, 6.45) is 0. The van der Waals surface area contributed by atoms with E-state index < -0.39 is 11.3 Å². The van der Waals surface area contributed by atoms with Crippen LogP contribution in [0.3, 0.4) is 0 Å². The van der Waals surface area contributed by atoms with Crippen molar-refractivity contribution in [3.63, 3.8) is 0 Å². The van der Waals surface area contributed by atoms with Crippen LogP contribution < -0.4 is 23.7 Å². The van der Waals surface area contributed by atoms with Crippen LogP contribution in [0.4, 0.5) is 5.69 Å². The lowest BCUT2D eigenvalue weighted by Gasteiger charge is -2.38. The minimum absolute atomic E-state index is 0.154. The molecule has 8 heteroatoms. The number of rotatable bonds is 4. The maximum atomic E-state index is 12.8. The largest absolute Gasteiger partial charge is 0.493 e. The molecule has 30 heavy (non-hydrogen) atoms. The third kappa shape index (κ3) is 2.39. The van der Waals surface area contributed by atoms with E-state index in [4.69, 9.17) is 33.4 Å². The summed E-state index contributed by atoms with van der Waals surface area (Å²) in [7, 11) is 4.68. The number of fused-ring (bicyclic) bond motifs is 3. The first-order valence-corrected chi connectivity index (χ1v) is 9.50. The van der Waals surface area contributed by atoms with Crippen LogP contribution >= 0.6 is 0 Å². The molecule has 0 saturated carbocycles. The van der Waals surface area contributed by atoms with Crippen LogP contribution in [0.1, 0.15) is 18.1 Å². The van der Waals surface area contributed by atoms with Crippen molar-refractivity contribution in [2.24, 2.45) is 10.9 Å². The molecule has 2 aromatic rings. The summed E-state index contributed by atoms with van der Waals surface area (Å²) >= 11 is 0. The summed E-state index contributed by atoms with van der Waals surface area (Å²) in [6, 6.07) is 7.47. The van der Waals surface area contributed by atoms with E-state index in [1.807, 2.05) is 31.2 Å². The van der Waals surface area contributed by atoms with Crippen LogP contribution in [0.2, 0.25) is 0 Å². The molecule has 2 atom stereocenters. The van der Waals surface area contributed by atoms with Gasteiger partial charge in [-0.25, -0.2) is 0 Å². The van der Waals surface area contributed by atoms with Crippen molar-refractivity contribution < 1.29 is 33.2 Å². The van der Waals surface area contributed by atoms with Crippen molar-refractivity contribution in [1.29, 1.82) is 0 Å². The Labute approximate surface area is 173 Å². The highest BCUT2D eigenvalue weighted by Gasteiger charge is 2.53. The zero-order chi connectivity index (χ0) is 21.0. The molecule has 0 radical (unpaired) electrons. The van der Waals surface area contributed by atoms with Gasteiger partial charge < -0.3 is 28.4 Å². The number of nitrogens with zero attached hydrogens (tertiary/aromatic N) is 1. The molecule has 0 amide bonds. The highest BCUT2D eigenvalue weighted by molar-refractivity contribution is 6.12. The highest BCUT2D eigenvalue weighted by atomic mass is 16.7. The number of carbonyl (C=O) groups is 1. The highest BCUT2D eigenvalue weighted by Crippen LogP contribution is 2.54. The number of ether oxygens (including phenoxy) is 6. The first-order valence-electron chi connectivity index (χ1n) is 9.50.